The highest BCUT2D eigenvalue weighted by atomic mass is 35.5. The Morgan fingerprint density at radius 3 is 2.45 bits per heavy atom. The van der Waals surface area contributed by atoms with E-state index in [1.807, 2.05) is 17.0 Å². The van der Waals surface area contributed by atoms with Crippen molar-refractivity contribution in [1.82, 2.24) is 9.80 Å². The molecule has 29 heavy (non-hydrogen) atoms. The molecule has 0 radical (unpaired) electrons. The zero-order chi connectivity index (χ0) is 21.0. The molecule has 2 aliphatic heterocycles. The maximum atomic E-state index is 13.0. The van der Waals surface area contributed by atoms with Crippen LogP contribution in [0.4, 0.5) is 0 Å². The molecule has 2 aliphatic rings. The first kappa shape index (κ1) is 21.4. The summed E-state index contributed by atoms with van der Waals surface area (Å²) < 4.78 is 6.09. The third-order valence-corrected chi connectivity index (χ3v) is 6.05. The lowest BCUT2D eigenvalue weighted by atomic mass is 9.88. The molecule has 0 saturated carbocycles. The molecule has 0 aliphatic carbocycles. The third-order valence-electron chi connectivity index (χ3n) is 5.81. The van der Waals surface area contributed by atoms with Crippen LogP contribution in [-0.2, 0) is 14.4 Å². The van der Waals surface area contributed by atoms with Crippen molar-refractivity contribution >= 4 is 29.3 Å². The number of amides is 3. The highest BCUT2D eigenvalue weighted by Gasteiger charge is 2.37. The first-order valence-corrected chi connectivity index (χ1v) is 10.5. The van der Waals surface area contributed by atoms with Gasteiger partial charge in [-0.3, -0.25) is 14.4 Å². The molecule has 0 unspecified atom stereocenters. The molecule has 3 rings (SSSR count). The van der Waals surface area contributed by atoms with Gasteiger partial charge >= 0.3 is 0 Å². The largest absolute Gasteiger partial charge is 0.490 e. The minimum atomic E-state index is -0.404. The van der Waals surface area contributed by atoms with Crippen molar-refractivity contribution < 1.29 is 19.1 Å². The number of nitrogens with two attached hydrogens (primary N) is 1. The van der Waals surface area contributed by atoms with Gasteiger partial charge in [0.2, 0.25) is 17.7 Å². The summed E-state index contributed by atoms with van der Waals surface area (Å²) in [5, 5.41) is 0.582. The van der Waals surface area contributed by atoms with Gasteiger partial charge in [0.1, 0.15) is 11.9 Å². The van der Waals surface area contributed by atoms with Crippen LogP contribution in [0.25, 0.3) is 0 Å². The fraction of sp³-hybridized carbons (Fsp3) is 0.571. The maximum absolute atomic E-state index is 13.0. The maximum Gasteiger partial charge on any atom is 0.225 e. The summed E-state index contributed by atoms with van der Waals surface area (Å²) in [5.74, 6) is 0.152. The number of nitrogens with zero attached hydrogens (tertiary/aromatic N) is 2. The second-order valence-corrected chi connectivity index (χ2v) is 8.33. The van der Waals surface area contributed by atoms with Gasteiger partial charge < -0.3 is 20.3 Å². The van der Waals surface area contributed by atoms with Gasteiger partial charge in [-0.25, -0.2) is 0 Å². The zero-order valence-electron chi connectivity index (χ0n) is 16.7. The van der Waals surface area contributed by atoms with Crippen molar-refractivity contribution in [2.75, 3.05) is 26.2 Å². The molecule has 0 spiro atoms. The number of benzene rings is 1. The number of piperidine rings is 2. The first-order chi connectivity index (χ1) is 13.8. The Labute approximate surface area is 176 Å². The van der Waals surface area contributed by atoms with E-state index in [4.69, 9.17) is 22.1 Å². The monoisotopic (exact) mass is 421 g/mol. The Morgan fingerprint density at radius 2 is 1.83 bits per heavy atom. The molecule has 158 valence electrons. The van der Waals surface area contributed by atoms with Crippen LogP contribution in [0.1, 0.15) is 32.6 Å². The summed E-state index contributed by atoms with van der Waals surface area (Å²) in [5.41, 5.74) is 5.45. The summed E-state index contributed by atoms with van der Waals surface area (Å²) >= 11 is 6.03. The van der Waals surface area contributed by atoms with Crippen LogP contribution in [0.3, 0.4) is 0 Å². The van der Waals surface area contributed by atoms with E-state index in [1.54, 1.807) is 24.0 Å². The third kappa shape index (κ3) is 5.63. The summed E-state index contributed by atoms with van der Waals surface area (Å²) in [6, 6.07) is 7.15. The van der Waals surface area contributed by atoms with Gasteiger partial charge in [-0.2, -0.15) is 0 Å². The number of carbonyl (C=O) groups is 3. The Hall–Kier alpha value is -2.28. The summed E-state index contributed by atoms with van der Waals surface area (Å²) in [6.07, 6.45) is 1.94. The lowest BCUT2D eigenvalue weighted by Gasteiger charge is -2.40. The number of halogens is 1. The summed E-state index contributed by atoms with van der Waals surface area (Å²) in [4.78, 5) is 39.7. The molecule has 0 aromatic heterocycles. The van der Waals surface area contributed by atoms with E-state index in [0.717, 1.165) is 0 Å². The molecule has 7 nitrogen and oxygen atoms in total. The predicted octanol–water partition coefficient (Wildman–Crippen LogP) is 2.07. The van der Waals surface area contributed by atoms with Crippen LogP contribution in [0, 0.1) is 11.8 Å². The second kappa shape index (κ2) is 9.48. The van der Waals surface area contributed by atoms with E-state index in [9.17, 15) is 14.4 Å². The van der Waals surface area contributed by atoms with Gasteiger partial charge in [-0.05, 0) is 31.0 Å². The predicted molar refractivity (Wildman–Crippen MR) is 109 cm³/mol. The number of carbonyl (C=O) groups excluding carboxylic acids is 3. The molecule has 1 aromatic rings. The zero-order valence-corrected chi connectivity index (χ0v) is 17.4. The average molecular weight is 422 g/mol. The van der Waals surface area contributed by atoms with Crippen molar-refractivity contribution in [2.24, 2.45) is 17.6 Å². The molecular weight excluding hydrogens is 394 g/mol. The standard InChI is InChI=1S/C21H28ClN3O4/c1-14(26)24-8-5-15(6-9-24)21(28)25-10-7-19(16(13-25)11-20(23)27)29-18-4-2-3-17(22)12-18/h2-4,12,15-16,19H,5-11,13H2,1H3,(H2,23,27)/t16-,19-/m0/s1. The molecule has 2 N–H and O–H groups in total. The van der Waals surface area contributed by atoms with E-state index < -0.39 is 5.91 Å². The van der Waals surface area contributed by atoms with Gasteiger partial charge in [0.05, 0.1) is 0 Å². The number of rotatable bonds is 5. The average Bonchev–Trinajstić information content (AvgIpc) is 2.68. The quantitative estimate of drug-likeness (QED) is 0.787. The number of likely N-dealkylation sites (tertiary alicyclic amines) is 2. The second-order valence-electron chi connectivity index (χ2n) is 7.90. The van der Waals surface area contributed by atoms with Crippen LogP contribution < -0.4 is 10.5 Å². The van der Waals surface area contributed by atoms with Crippen LogP contribution >= 0.6 is 11.6 Å². The fourth-order valence-electron chi connectivity index (χ4n) is 4.24. The van der Waals surface area contributed by atoms with Crippen LogP contribution in [0.15, 0.2) is 24.3 Å². The number of ether oxygens (including phenoxy) is 1. The van der Waals surface area contributed by atoms with E-state index in [2.05, 4.69) is 0 Å². The van der Waals surface area contributed by atoms with Crippen molar-refractivity contribution in [1.29, 1.82) is 0 Å². The molecule has 0 bridgehead atoms. The lowest BCUT2D eigenvalue weighted by molar-refractivity contribution is -0.143. The normalized spacial score (nSPS) is 23.0. The molecular formula is C21H28ClN3O4. The topological polar surface area (TPSA) is 92.9 Å². The Bertz CT molecular complexity index is 764. The van der Waals surface area contributed by atoms with Crippen molar-refractivity contribution in [3.05, 3.63) is 29.3 Å². The van der Waals surface area contributed by atoms with Crippen molar-refractivity contribution in [3.8, 4) is 5.75 Å². The highest BCUT2D eigenvalue weighted by molar-refractivity contribution is 6.30. The first-order valence-electron chi connectivity index (χ1n) is 10.1. The van der Waals surface area contributed by atoms with Gasteiger partial charge in [-0.1, -0.05) is 17.7 Å². The summed E-state index contributed by atoms with van der Waals surface area (Å²) in [7, 11) is 0. The number of hydrogen-bond donors (Lipinski definition) is 1. The Morgan fingerprint density at radius 1 is 1.14 bits per heavy atom. The number of primary amides is 1. The minimum Gasteiger partial charge on any atom is -0.490 e. The number of hydrogen-bond acceptors (Lipinski definition) is 4. The van der Waals surface area contributed by atoms with E-state index >= 15 is 0 Å². The Balaban J connectivity index is 1.62. The van der Waals surface area contributed by atoms with E-state index in [0.29, 0.717) is 56.2 Å². The molecule has 1 aromatic carbocycles. The van der Waals surface area contributed by atoms with Crippen LogP contribution in [0.5, 0.6) is 5.75 Å². The van der Waals surface area contributed by atoms with Crippen molar-refractivity contribution in [3.63, 3.8) is 0 Å². The minimum absolute atomic E-state index is 0.0522. The molecule has 8 heteroatoms. The van der Waals surface area contributed by atoms with Crippen LogP contribution in [-0.4, -0.2) is 59.8 Å². The van der Waals surface area contributed by atoms with Crippen LogP contribution in [0.2, 0.25) is 5.02 Å². The van der Waals surface area contributed by atoms with E-state index in [1.165, 1.54) is 0 Å². The molecule has 2 fully saturated rings. The Kier molecular flexibility index (Phi) is 7.00. The fourth-order valence-corrected chi connectivity index (χ4v) is 4.42. The van der Waals surface area contributed by atoms with Crippen molar-refractivity contribution in [2.45, 2.75) is 38.7 Å². The van der Waals surface area contributed by atoms with Gasteiger partial charge in [0.25, 0.3) is 0 Å². The SMILES string of the molecule is CC(=O)N1CCC(C(=O)N2CC[C@H](Oc3cccc(Cl)c3)[C@@H](CC(N)=O)C2)CC1. The van der Waals surface area contributed by atoms with Gasteiger partial charge in [-0.15, -0.1) is 0 Å². The van der Waals surface area contributed by atoms with Gasteiger partial charge in [0.15, 0.2) is 0 Å². The summed E-state index contributed by atoms with van der Waals surface area (Å²) in [6.45, 7) is 3.81. The lowest BCUT2D eigenvalue weighted by Crippen LogP contribution is -2.51. The molecule has 2 atom stereocenters. The molecule has 2 saturated heterocycles. The van der Waals surface area contributed by atoms with E-state index in [-0.39, 0.29) is 36.2 Å². The molecule has 2 heterocycles. The van der Waals surface area contributed by atoms with Gasteiger partial charge in [0, 0.05) is 62.8 Å². The molecule has 3 amide bonds. The highest BCUT2D eigenvalue weighted by Crippen LogP contribution is 2.29. The smallest absolute Gasteiger partial charge is 0.225 e.